The van der Waals surface area contributed by atoms with Gasteiger partial charge in [0.2, 0.25) is 0 Å². The molecule has 0 amide bonds. The van der Waals surface area contributed by atoms with Crippen LogP contribution in [0.15, 0.2) is 18.6 Å². The van der Waals surface area contributed by atoms with E-state index in [4.69, 9.17) is 4.74 Å². The van der Waals surface area contributed by atoms with Gasteiger partial charge in [-0.3, -0.25) is 9.36 Å². The van der Waals surface area contributed by atoms with Crippen molar-refractivity contribution in [2.45, 2.75) is 19.5 Å². The highest BCUT2D eigenvalue weighted by atomic mass is 16.5. The third-order valence-electron chi connectivity index (χ3n) is 2.76. The minimum Gasteiger partial charge on any atom is -0.383 e. The van der Waals surface area contributed by atoms with E-state index >= 15 is 0 Å². The van der Waals surface area contributed by atoms with Crippen molar-refractivity contribution in [1.82, 2.24) is 30.1 Å². The summed E-state index contributed by atoms with van der Waals surface area (Å²) < 4.78 is 8.63. The molecule has 0 aliphatic rings. The molecule has 0 radical (unpaired) electrons. The maximum atomic E-state index is 4.96. The molecule has 0 unspecified atom stereocenters. The average molecular weight is 264 g/mol. The summed E-state index contributed by atoms with van der Waals surface area (Å²) in [6.07, 6.45) is 6.78. The average Bonchev–Trinajstić information content (AvgIpc) is 3.01. The first kappa shape index (κ1) is 13.7. The molecular weight excluding hydrogens is 244 g/mol. The molecule has 2 aromatic heterocycles. The normalized spacial score (nSPS) is 11.1. The molecule has 104 valence electrons. The van der Waals surface area contributed by atoms with Crippen molar-refractivity contribution in [3.63, 3.8) is 0 Å². The van der Waals surface area contributed by atoms with E-state index in [0.29, 0.717) is 6.61 Å². The summed E-state index contributed by atoms with van der Waals surface area (Å²) in [5, 5.41) is 15.6. The minimum absolute atomic E-state index is 0.704. The van der Waals surface area contributed by atoms with Crippen LogP contribution in [0.2, 0.25) is 0 Å². The Morgan fingerprint density at radius 3 is 3.00 bits per heavy atom. The fourth-order valence-electron chi connectivity index (χ4n) is 1.76. The number of nitrogens with zero attached hydrogens (tertiary/aromatic N) is 5. The van der Waals surface area contributed by atoms with Crippen molar-refractivity contribution in [2.75, 3.05) is 20.3 Å². The molecule has 7 nitrogen and oxygen atoms in total. The summed E-state index contributed by atoms with van der Waals surface area (Å²) >= 11 is 0. The van der Waals surface area contributed by atoms with Crippen LogP contribution in [0.1, 0.15) is 11.3 Å². The Balaban J connectivity index is 1.74. The van der Waals surface area contributed by atoms with E-state index < -0.39 is 0 Å². The number of nitrogens with one attached hydrogen (secondary N) is 1. The lowest BCUT2D eigenvalue weighted by Crippen LogP contribution is -2.18. The van der Waals surface area contributed by atoms with Crippen molar-refractivity contribution in [3.8, 4) is 0 Å². The second-order valence-corrected chi connectivity index (χ2v) is 4.41. The van der Waals surface area contributed by atoms with Crippen LogP contribution in [0.3, 0.4) is 0 Å². The number of aryl methyl sites for hydroxylation is 3. The number of ether oxygens (including phenoxy) is 1. The van der Waals surface area contributed by atoms with Crippen LogP contribution in [0.4, 0.5) is 0 Å². The highest BCUT2D eigenvalue weighted by Crippen LogP contribution is 2.00. The topological polar surface area (TPSA) is 69.8 Å². The van der Waals surface area contributed by atoms with E-state index in [1.54, 1.807) is 7.11 Å². The zero-order valence-electron chi connectivity index (χ0n) is 11.4. The fourth-order valence-corrected chi connectivity index (χ4v) is 1.76. The lowest BCUT2D eigenvalue weighted by atomic mass is 10.2. The number of hydrogen-bond donors (Lipinski definition) is 1. The summed E-state index contributed by atoms with van der Waals surface area (Å²) in [5.41, 5.74) is 2.15. The van der Waals surface area contributed by atoms with E-state index in [0.717, 1.165) is 31.7 Å². The molecule has 0 saturated carbocycles. The molecule has 1 N–H and O–H groups in total. The molecule has 19 heavy (non-hydrogen) atoms. The van der Waals surface area contributed by atoms with Gasteiger partial charge in [-0.1, -0.05) is 5.21 Å². The smallest absolute Gasteiger partial charge is 0.0964 e. The van der Waals surface area contributed by atoms with Gasteiger partial charge in [0.25, 0.3) is 0 Å². The molecule has 0 aromatic carbocycles. The summed E-state index contributed by atoms with van der Waals surface area (Å²) in [4.78, 5) is 0. The molecule has 7 heteroatoms. The predicted molar refractivity (Wildman–Crippen MR) is 70.5 cm³/mol. The standard InChI is InChI=1S/C12H20N6O/c1-17-9-11(7-14-17)3-5-18-10-12(15-16-18)8-13-4-6-19-2/h7,9-10,13H,3-6,8H2,1-2H3. The highest BCUT2D eigenvalue weighted by Gasteiger charge is 2.02. The molecule has 2 aromatic rings. The van der Waals surface area contributed by atoms with Gasteiger partial charge in [0.1, 0.15) is 0 Å². The lowest BCUT2D eigenvalue weighted by molar-refractivity contribution is 0.199. The van der Waals surface area contributed by atoms with E-state index in [1.807, 2.05) is 35.0 Å². The monoisotopic (exact) mass is 264 g/mol. The molecule has 0 aliphatic carbocycles. The lowest BCUT2D eigenvalue weighted by Gasteiger charge is -2.00. The Bertz CT molecular complexity index is 492. The summed E-state index contributed by atoms with van der Waals surface area (Å²) in [6, 6.07) is 0. The van der Waals surface area contributed by atoms with Gasteiger partial charge < -0.3 is 10.1 Å². The van der Waals surface area contributed by atoms with Crippen molar-refractivity contribution in [1.29, 1.82) is 0 Å². The van der Waals surface area contributed by atoms with Gasteiger partial charge in [-0.05, 0) is 12.0 Å². The second kappa shape index (κ2) is 7.01. The molecule has 2 rings (SSSR count). The maximum absolute atomic E-state index is 4.96. The molecule has 0 spiro atoms. The zero-order chi connectivity index (χ0) is 13.5. The number of aromatic nitrogens is 5. The van der Waals surface area contributed by atoms with Gasteiger partial charge >= 0.3 is 0 Å². The summed E-state index contributed by atoms with van der Waals surface area (Å²) in [7, 11) is 3.61. The van der Waals surface area contributed by atoms with Gasteiger partial charge in [-0.25, -0.2) is 0 Å². The van der Waals surface area contributed by atoms with Crippen molar-refractivity contribution >= 4 is 0 Å². The fraction of sp³-hybridized carbons (Fsp3) is 0.583. The molecule has 0 bridgehead atoms. The second-order valence-electron chi connectivity index (χ2n) is 4.41. The van der Waals surface area contributed by atoms with Crippen LogP contribution in [-0.4, -0.2) is 45.0 Å². The largest absolute Gasteiger partial charge is 0.383 e. The van der Waals surface area contributed by atoms with Gasteiger partial charge in [0.05, 0.1) is 18.5 Å². The summed E-state index contributed by atoms with van der Waals surface area (Å²) in [6.45, 7) is 3.06. The van der Waals surface area contributed by atoms with Crippen LogP contribution in [0.5, 0.6) is 0 Å². The number of hydrogen-bond acceptors (Lipinski definition) is 5. The SMILES string of the molecule is COCCNCc1cn(CCc2cnn(C)c2)nn1. The minimum atomic E-state index is 0.704. The highest BCUT2D eigenvalue weighted by molar-refractivity contribution is 5.03. The molecule has 2 heterocycles. The van der Waals surface area contributed by atoms with Gasteiger partial charge in [-0.2, -0.15) is 5.10 Å². The predicted octanol–water partition coefficient (Wildman–Crippen LogP) is -0.00970. The molecule has 0 atom stereocenters. The zero-order valence-corrected chi connectivity index (χ0v) is 11.4. The first-order valence-electron chi connectivity index (χ1n) is 6.34. The third kappa shape index (κ3) is 4.46. The van der Waals surface area contributed by atoms with Crippen molar-refractivity contribution < 1.29 is 4.74 Å². The first-order chi connectivity index (χ1) is 9.28. The number of methoxy groups -OCH3 is 1. The molecule has 0 fully saturated rings. The Hall–Kier alpha value is -1.73. The van der Waals surface area contributed by atoms with Crippen LogP contribution in [0.25, 0.3) is 0 Å². The van der Waals surface area contributed by atoms with Crippen LogP contribution >= 0.6 is 0 Å². The Morgan fingerprint density at radius 1 is 1.37 bits per heavy atom. The van der Waals surface area contributed by atoms with Crippen LogP contribution < -0.4 is 5.32 Å². The van der Waals surface area contributed by atoms with E-state index in [2.05, 4.69) is 20.7 Å². The Kier molecular flexibility index (Phi) is 5.05. The molecular formula is C12H20N6O. The molecule has 0 aliphatic heterocycles. The van der Waals surface area contributed by atoms with Gasteiger partial charge in [0, 0.05) is 46.2 Å². The van der Waals surface area contributed by atoms with E-state index in [9.17, 15) is 0 Å². The third-order valence-corrected chi connectivity index (χ3v) is 2.76. The maximum Gasteiger partial charge on any atom is 0.0964 e. The Labute approximate surface area is 112 Å². The van der Waals surface area contributed by atoms with E-state index in [1.165, 1.54) is 5.56 Å². The first-order valence-corrected chi connectivity index (χ1v) is 6.34. The quantitative estimate of drug-likeness (QED) is 0.679. The van der Waals surface area contributed by atoms with E-state index in [-0.39, 0.29) is 0 Å². The van der Waals surface area contributed by atoms with Crippen molar-refractivity contribution in [3.05, 3.63) is 29.8 Å². The van der Waals surface area contributed by atoms with Crippen LogP contribution in [0, 0.1) is 0 Å². The Morgan fingerprint density at radius 2 is 2.26 bits per heavy atom. The van der Waals surface area contributed by atoms with Gasteiger partial charge in [-0.15, -0.1) is 5.10 Å². The number of rotatable bonds is 8. The van der Waals surface area contributed by atoms with Gasteiger partial charge in [0.15, 0.2) is 0 Å². The molecule has 0 saturated heterocycles. The van der Waals surface area contributed by atoms with Crippen molar-refractivity contribution in [2.24, 2.45) is 7.05 Å². The summed E-state index contributed by atoms with van der Waals surface area (Å²) in [5.74, 6) is 0. The van der Waals surface area contributed by atoms with Crippen LogP contribution in [-0.2, 0) is 31.3 Å².